The summed E-state index contributed by atoms with van der Waals surface area (Å²) in [7, 11) is 0. The number of nitrogens with one attached hydrogen (secondary N) is 2. The summed E-state index contributed by atoms with van der Waals surface area (Å²) in [5.41, 5.74) is 2.14. The lowest BCUT2D eigenvalue weighted by atomic mass is 9.79. The molecular weight excluding hydrogens is 524 g/mol. The van der Waals surface area contributed by atoms with Crippen LogP contribution in [0, 0.1) is 37.0 Å². The molecule has 1 aliphatic carbocycles. The Kier molecular flexibility index (Phi) is 7.42. The average molecular weight is 557 g/mol. The first kappa shape index (κ1) is 26.9. The number of aromatic amines is 1. The lowest BCUT2D eigenvalue weighted by Gasteiger charge is -2.45. The number of thioether (sulfide) groups is 1. The van der Waals surface area contributed by atoms with Crippen molar-refractivity contribution in [1.82, 2.24) is 15.2 Å². The van der Waals surface area contributed by atoms with Gasteiger partial charge in [-0.25, -0.2) is 0 Å². The summed E-state index contributed by atoms with van der Waals surface area (Å²) in [6.45, 7) is 7.46. The second-order valence-electron chi connectivity index (χ2n) is 10.7. The number of carbonyl (C=O) groups is 1. The van der Waals surface area contributed by atoms with Crippen LogP contribution in [0.15, 0.2) is 21.8 Å². The Morgan fingerprint density at radius 2 is 1.92 bits per heavy atom. The van der Waals surface area contributed by atoms with Crippen molar-refractivity contribution < 1.29 is 14.3 Å². The maximum absolute atomic E-state index is 13.2. The fourth-order valence-corrected chi connectivity index (χ4v) is 6.85. The van der Waals surface area contributed by atoms with Gasteiger partial charge in [-0.1, -0.05) is 11.6 Å². The van der Waals surface area contributed by atoms with Crippen molar-refractivity contribution in [3.63, 3.8) is 0 Å². The molecule has 3 heterocycles. The first-order chi connectivity index (χ1) is 18.1. The molecule has 0 bridgehead atoms. The van der Waals surface area contributed by atoms with E-state index in [2.05, 4.69) is 21.3 Å². The summed E-state index contributed by atoms with van der Waals surface area (Å²) in [5.74, 6) is 0.147. The van der Waals surface area contributed by atoms with Gasteiger partial charge in [-0.05, 0) is 57.9 Å². The van der Waals surface area contributed by atoms with Gasteiger partial charge in [-0.2, -0.15) is 5.26 Å². The zero-order valence-electron chi connectivity index (χ0n) is 22.2. The topological polar surface area (TPSA) is 107 Å². The number of rotatable bonds is 6. The van der Waals surface area contributed by atoms with Crippen LogP contribution in [0.5, 0.6) is 11.5 Å². The fourth-order valence-electron chi connectivity index (χ4n) is 5.91. The molecule has 1 atom stereocenters. The number of ether oxygens (including phenoxy) is 2. The zero-order chi connectivity index (χ0) is 27.2. The van der Waals surface area contributed by atoms with E-state index in [0.717, 1.165) is 49.4 Å². The number of pyridine rings is 1. The molecule has 2 aliphatic heterocycles. The van der Waals surface area contributed by atoms with Crippen molar-refractivity contribution in [2.45, 2.75) is 69.7 Å². The second kappa shape index (κ2) is 10.5. The highest BCUT2D eigenvalue weighted by molar-refractivity contribution is 7.98. The van der Waals surface area contributed by atoms with E-state index in [1.165, 1.54) is 11.8 Å². The molecule has 8 nitrogen and oxygen atoms in total. The first-order valence-corrected chi connectivity index (χ1v) is 14.6. The van der Waals surface area contributed by atoms with Gasteiger partial charge in [-0.3, -0.25) is 14.5 Å². The quantitative estimate of drug-likeness (QED) is 0.492. The Hall–Kier alpha value is -2.67. The normalized spacial score (nSPS) is 25.1. The van der Waals surface area contributed by atoms with Crippen molar-refractivity contribution in [1.29, 1.82) is 5.26 Å². The molecular formula is C28H33ClN4O4S. The number of nitrogens with zero attached hydrogens (tertiary/aromatic N) is 2. The van der Waals surface area contributed by atoms with Gasteiger partial charge in [0.05, 0.1) is 17.0 Å². The second-order valence-corrected chi connectivity index (χ2v) is 12.0. The number of nitriles is 1. The number of hydrogen-bond acceptors (Lipinski definition) is 7. The summed E-state index contributed by atoms with van der Waals surface area (Å²) in [6, 6.07) is 6.37. The van der Waals surface area contributed by atoms with E-state index in [9.17, 15) is 9.59 Å². The van der Waals surface area contributed by atoms with Crippen molar-refractivity contribution in [2.24, 2.45) is 11.8 Å². The molecule has 0 spiro atoms. The van der Waals surface area contributed by atoms with Gasteiger partial charge in [0.15, 0.2) is 11.5 Å². The van der Waals surface area contributed by atoms with Crippen LogP contribution in [0.1, 0.15) is 59.8 Å². The molecule has 2 fully saturated rings. The minimum absolute atomic E-state index is 0.100. The van der Waals surface area contributed by atoms with Crippen LogP contribution in [-0.4, -0.2) is 47.0 Å². The predicted octanol–water partition coefficient (Wildman–Crippen LogP) is 4.80. The maximum Gasteiger partial charge on any atom is 0.254 e. The first-order valence-electron chi connectivity index (χ1n) is 13.0. The SMILES string of the molecule is CSc1cc(C)[nH]c(=O)c1CNC(=O)c1cc(Cl)c2c(c1C)O[C@@](C)([C@H]1CC[C@H](N3CC(C#N)C3)CC1)O2. The molecule has 1 aromatic heterocycles. The van der Waals surface area contributed by atoms with Crippen molar-refractivity contribution in [3.05, 3.63) is 49.9 Å². The monoisotopic (exact) mass is 556 g/mol. The Morgan fingerprint density at radius 1 is 1.24 bits per heavy atom. The Morgan fingerprint density at radius 3 is 2.58 bits per heavy atom. The van der Waals surface area contributed by atoms with E-state index < -0.39 is 5.79 Å². The third-order valence-electron chi connectivity index (χ3n) is 8.22. The summed E-state index contributed by atoms with van der Waals surface area (Å²) in [4.78, 5) is 31.7. The number of likely N-dealkylation sites (tertiary alicyclic amines) is 1. The van der Waals surface area contributed by atoms with Crippen LogP contribution in [0.2, 0.25) is 5.02 Å². The smallest absolute Gasteiger partial charge is 0.254 e. The van der Waals surface area contributed by atoms with Crippen molar-refractivity contribution in [3.8, 4) is 17.6 Å². The number of hydrogen-bond donors (Lipinski definition) is 2. The lowest BCUT2D eigenvalue weighted by molar-refractivity contribution is -0.126. The van der Waals surface area contributed by atoms with Gasteiger partial charge in [0.1, 0.15) is 0 Å². The van der Waals surface area contributed by atoms with Gasteiger partial charge in [0.2, 0.25) is 0 Å². The molecule has 1 saturated carbocycles. The summed E-state index contributed by atoms with van der Waals surface area (Å²) >= 11 is 8.08. The Labute approximate surface area is 232 Å². The predicted molar refractivity (Wildman–Crippen MR) is 147 cm³/mol. The van der Waals surface area contributed by atoms with Crippen LogP contribution in [0.4, 0.5) is 0 Å². The largest absolute Gasteiger partial charge is 0.448 e. The minimum Gasteiger partial charge on any atom is -0.448 e. The molecule has 1 saturated heterocycles. The molecule has 3 aliphatic rings. The maximum atomic E-state index is 13.2. The molecule has 1 aromatic carbocycles. The van der Waals surface area contributed by atoms with E-state index in [4.69, 9.17) is 26.3 Å². The Balaban J connectivity index is 1.27. The third-order valence-corrected chi connectivity index (χ3v) is 9.30. The molecule has 2 aromatic rings. The van der Waals surface area contributed by atoms with Gasteiger partial charge in [0.25, 0.3) is 17.3 Å². The van der Waals surface area contributed by atoms with Crippen LogP contribution in [0.3, 0.4) is 0 Å². The number of H-pyrrole nitrogens is 1. The molecule has 202 valence electrons. The Bertz CT molecular complexity index is 1360. The van der Waals surface area contributed by atoms with E-state index >= 15 is 0 Å². The summed E-state index contributed by atoms with van der Waals surface area (Å²) < 4.78 is 12.8. The lowest BCUT2D eigenvalue weighted by Crippen LogP contribution is -2.54. The average Bonchev–Trinajstić information content (AvgIpc) is 3.24. The number of benzene rings is 1. The van der Waals surface area contributed by atoms with Gasteiger partial charge < -0.3 is 19.8 Å². The third kappa shape index (κ3) is 4.90. The molecule has 5 rings (SSSR count). The van der Waals surface area contributed by atoms with Crippen LogP contribution < -0.4 is 20.3 Å². The number of aromatic nitrogens is 1. The van der Waals surface area contributed by atoms with Crippen LogP contribution >= 0.6 is 23.4 Å². The van der Waals surface area contributed by atoms with E-state index in [1.54, 1.807) is 6.07 Å². The molecule has 38 heavy (non-hydrogen) atoms. The molecule has 10 heteroatoms. The van der Waals surface area contributed by atoms with E-state index in [1.807, 2.05) is 33.1 Å². The number of amides is 1. The van der Waals surface area contributed by atoms with Crippen molar-refractivity contribution in [2.75, 3.05) is 19.3 Å². The highest BCUT2D eigenvalue weighted by Gasteiger charge is 2.48. The number of carbonyl (C=O) groups excluding carboxylic acids is 1. The molecule has 0 unspecified atom stereocenters. The summed E-state index contributed by atoms with van der Waals surface area (Å²) in [6.07, 6.45) is 5.89. The fraction of sp³-hybridized carbons (Fsp3) is 0.536. The summed E-state index contributed by atoms with van der Waals surface area (Å²) in [5, 5.41) is 12.3. The molecule has 2 N–H and O–H groups in total. The van der Waals surface area contributed by atoms with Gasteiger partial charge in [-0.15, -0.1) is 11.8 Å². The number of aryl methyl sites for hydroxylation is 1. The zero-order valence-corrected chi connectivity index (χ0v) is 23.7. The molecule has 1 amide bonds. The van der Waals surface area contributed by atoms with Gasteiger partial charge in [0, 0.05) is 65.8 Å². The number of halogens is 1. The van der Waals surface area contributed by atoms with Crippen molar-refractivity contribution >= 4 is 29.3 Å². The standard InChI is InChI=1S/C28H33ClN4O4S/c1-15-9-23(38-4)21(27(35)32-15)12-31-26(34)20-10-22(29)25-24(16(20)2)36-28(3,37-25)18-5-7-19(8-6-18)33-13-17(11-30)14-33/h9-10,17-19H,5-8,12-14H2,1-4H3,(H,31,34)(H,32,35)/t18-,19-,28-/m1/s1. The highest BCUT2D eigenvalue weighted by Crippen LogP contribution is 2.52. The van der Waals surface area contributed by atoms with E-state index in [-0.39, 0.29) is 29.8 Å². The minimum atomic E-state index is -0.858. The highest BCUT2D eigenvalue weighted by atomic mass is 35.5. The van der Waals surface area contributed by atoms with Gasteiger partial charge >= 0.3 is 0 Å². The van der Waals surface area contributed by atoms with E-state index in [0.29, 0.717) is 39.3 Å². The van der Waals surface area contributed by atoms with Crippen LogP contribution in [-0.2, 0) is 6.54 Å². The molecule has 0 radical (unpaired) electrons. The van der Waals surface area contributed by atoms with Crippen LogP contribution in [0.25, 0.3) is 0 Å². The number of fused-ring (bicyclic) bond motifs is 1.